The van der Waals surface area contributed by atoms with E-state index in [9.17, 15) is 4.79 Å². The van der Waals surface area contributed by atoms with Gasteiger partial charge in [-0.25, -0.2) is 0 Å². The molecule has 0 atom stereocenters. The molecular weight excluding hydrogens is 408 g/mol. The molecule has 0 fully saturated rings. The van der Waals surface area contributed by atoms with Crippen LogP contribution in [0.4, 0.5) is 0 Å². The SMILES string of the molecule is COc1ccc(-n2c(SCC(=O)NC(C)(C)C)nnc2-c2ccc(Cl)cc2)cc1. The predicted molar refractivity (Wildman–Crippen MR) is 117 cm³/mol. The smallest absolute Gasteiger partial charge is 0.230 e. The van der Waals surface area contributed by atoms with Crippen LogP contribution in [-0.4, -0.2) is 39.1 Å². The zero-order valence-electron chi connectivity index (χ0n) is 16.8. The van der Waals surface area contributed by atoms with Crippen molar-refractivity contribution in [3.05, 3.63) is 53.6 Å². The fraction of sp³-hybridized carbons (Fsp3) is 0.286. The average molecular weight is 431 g/mol. The number of nitrogens with zero attached hydrogens (tertiary/aromatic N) is 3. The van der Waals surface area contributed by atoms with Gasteiger partial charge in [-0.15, -0.1) is 10.2 Å². The lowest BCUT2D eigenvalue weighted by atomic mass is 10.1. The molecule has 0 aliphatic rings. The zero-order valence-corrected chi connectivity index (χ0v) is 18.3. The summed E-state index contributed by atoms with van der Waals surface area (Å²) in [7, 11) is 1.63. The van der Waals surface area contributed by atoms with Gasteiger partial charge in [-0.1, -0.05) is 23.4 Å². The van der Waals surface area contributed by atoms with Crippen molar-refractivity contribution in [2.75, 3.05) is 12.9 Å². The number of halogens is 1. The van der Waals surface area contributed by atoms with Gasteiger partial charge >= 0.3 is 0 Å². The predicted octanol–water partition coefficient (Wildman–Crippen LogP) is 4.60. The fourth-order valence-corrected chi connectivity index (χ4v) is 3.58. The van der Waals surface area contributed by atoms with Crippen LogP contribution in [-0.2, 0) is 4.79 Å². The molecule has 6 nitrogen and oxygen atoms in total. The highest BCUT2D eigenvalue weighted by molar-refractivity contribution is 7.99. The van der Waals surface area contributed by atoms with E-state index >= 15 is 0 Å². The second kappa shape index (κ2) is 8.88. The Bertz CT molecular complexity index is 979. The number of hydrogen-bond donors (Lipinski definition) is 1. The lowest BCUT2D eigenvalue weighted by Gasteiger charge is -2.20. The van der Waals surface area contributed by atoms with Crippen LogP contribution in [0.1, 0.15) is 20.8 Å². The summed E-state index contributed by atoms with van der Waals surface area (Å²) < 4.78 is 7.19. The third-order valence-electron chi connectivity index (χ3n) is 3.91. The lowest BCUT2D eigenvalue weighted by molar-refractivity contribution is -0.119. The Hall–Kier alpha value is -2.51. The van der Waals surface area contributed by atoms with Crippen molar-refractivity contribution < 1.29 is 9.53 Å². The van der Waals surface area contributed by atoms with Crippen LogP contribution in [0.5, 0.6) is 5.75 Å². The largest absolute Gasteiger partial charge is 0.497 e. The summed E-state index contributed by atoms with van der Waals surface area (Å²) in [4.78, 5) is 12.3. The Morgan fingerprint density at radius 3 is 2.34 bits per heavy atom. The van der Waals surface area contributed by atoms with Crippen molar-refractivity contribution >= 4 is 29.3 Å². The highest BCUT2D eigenvalue weighted by Gasteiger charge is 2.19. The van der Waals surface area contributed by atoms with E-state index in [1.54, 1.807) is 7.11 Å². The Balaban J connectivity index is 1.95. The van der Waals surface area contributed by atoms with Crippen LogP contribution in [0.2, 0.25) is 5.02 Å². The van der Waals surface area contributed by atoms with Crippen LogP contribution in [0.25, 0.3) is 17.1 Å². The molecule has 0 saturated heterocycles. The quantitative estimate of drug-likeness (QED) is 0.578. The number of ether oxygens (including phenoxy) is 1. The first-order valence-electron chi connectivity index (χ1n) is 9.06. The maximum Gasteiger partial charge on any atom is 0.230 e. The van der Waals surface area contributed by atoms with Crippen LogP contribution in [0.3, 0.4) is 0 Å². The van der Waals surface area contributed by atoms with Gasteiger partial charge in [0.2, 0.25) is 5.91 Å². The van der Waals surface area contributed by atoms with Crippen LogP contribution in [0.15, 0.2) is 53.7 Å². The number of carbonyl (C=O) groups is 1. The molecule has 8 heteroatoms. The summed E-state index contributed by atoms with van der Waals surface area (Å²) in [5.74, 6) is 1.62. The average Bonchev–Trinajstić information content (AvgIpc) is 3.09. The maximum atomic E-state index is 12.3. The van der Waals surface area contributed by atoms with Gasteiger partial charge < -0.3 is 10.1 Å². The van der Waals surface area contributed by atoms with E-state index in [1.165, 1.54) is 11.8 Å². The minimum atomic E-state index is -0.282. The first-order valence-corrected chi connectivity index (χ1v) is 10.4. The Morgan fingerprint density at radius 1 is 1.10 bits per heavy atom. The molecular formula is C21H23ClN4O2S. The molecule has 0 aliphatic carbocycles. The summed E-state index contributed by atoms with van der Waals surface area (Å²) in [6, 6.07) is 15.0. The highest BCUT2D eigenvalue weighted by atomic mass is 35.5. The molecule has 2 aromatic carbocycles. The van der Waals surface area contributed by atoms with E-state index in [2.05, 4.69) is 15.5 Å². The Labute approximate surface area is 179 Å². The molecule has 3 aromatic rings. The van der Waals surface area contributed by atoms with Crippen molar-refractivity contribution in [3.63, 3.8) is 0 Å². The summed E-state index contributed by atoms with van der Waals surface area (Å²) in [6.45, 7) is 5.86. The minimum absolute atomic E-state index is 0.0557. The minimum Gasteiger partial charge on any atom is -0.497 e. The monoisotopic (exact) mass is 430 g/mol. The van der Waals surface area contributed by atoms with E-state index in [-0.39, 0.29) is 17.2 Å². The van der Waals surface area contributed by atoms with Gasteiger partial charge in [-0.2, -0.15) is 0 Å². The molecule has 0 radical (unpaired) electrons. The topological polar surface area (TPSA) is 69.0 Å². The van der Waals surface area contributed by atoms with Crippen molar-refractivity contribution in [2.45, 2.75) is 31.5 Å². The van der Waals surface area contributed by atoms with Crippen LogP contribution < -0.4 is 10.1 Å². The number of benzene rings is 2. The third-order valence-corrected chi connectivity index (χ3v) is 5.09. The molecule has 29 heavy (non-hydrogen) atoms. The van der Waals surface area contributed by atoms with E-state index in [1.807, 2.05) is 73.9 Å². The summed E-state index contributed by atoms with van der Waals surface area (Å²) in [5.41, 5.74) is 1.47. The van der Waals surface area contributed by atoms with Crippen molar-refractivity contribution in [1.82, 2.24) is 20.1 Å². The number of carbonyl (C=O) groups excluding carboxylic acids is 1. The van der Waals surface area contributed by atoms with Crippen LogP contribution >= 0.6 is 23.4 Å². The number of aromatic nitrogens is 3. The maximum absolute atomic E-state index is 12.3. The van der Waals surface area contributed by atoms with Crippen molar-refractivity contribution in [2.24, 2.45) is 0 Å². The highest BCUT2D eigenvalue weighted by Crippen LogP contribution is 2.29. The summed E-state index contributed by atoms with van der Waals surface area (Å²) in [6.07, 6.45) is 0. The molecule has 0 unspecified atom stereocenters. The Morgan fingerprint density at radius 2 is 1.76 bits per heavy atom. The van der Waals surface area contributed by atoms with Gasteiger partial charge in [0, 0.05) is 21.8 Å². The second-order valence-electron chi connectivity index (χ2n) is 7.43. The Kier molecular flexibility index (Phi) is 6.49. The number of amides is 1. The van der Waals surface area contributed by atoms with Crippen LogP contribution in [0, 0.1) is 0 Å². The van der Waals surface area contributed by atoms with E-state index in [0.717, 1.165) is 17.0 Å². The molecule has 0 saturated carbocycles. The fourth-order valence-electron chi connectivity index (χ4n) is 2.70. The molecule has 1 N–H and O–H groups in total. The third kappa shape index (κ3) is 5.52. The first-order chi connectivity index (χ1) is 13.8. The normalized spacial score (nSPS) is 11.3. The van der Waals surface area contributed by atoms with Gasteiger partial charge in [0.15, 0.2) is 11.0 Å². The molecule has 152 valence electrons. The number of hydrogen-bond acceptors (Lipinski definition) is 5. The molecule has 0 bridgehead atoms. The number of thioether (sulfide) groups is 1. The molecule has 3 rings (SSSR count). The van der Waals surface area contributed by atoms with E-state index in [4.69, 9.17) is 16.3 Å². The molecule has 0 spiro atoms. The van der Waals surface area contributed by atoms with Gasteiger partial charge in [0.05, 0.1) is 12.9 Å². The molecule has 1 aromatic heterocycles. The van der Waals surface area contributed by atoms with Gasteiger partial charge in [0.25, 0.3) is 0 Å². The van der Waals surface area contributed by atoms with Gasteiger partial charge in [-0.05, 0) is 69.3 Å². The zero-order chi connectivity index (χ0) is 21.0. The van der Waals surface area contributed by atoms with E-state index in [0.29, 0.717) is 16.0 Å². The molecule has 1 amide bonds. The van der Waals surface area contributed by atoms with Crippen molar-refractivity contribution in [1.29, 1.82) is 0 Å². The molecule has 1 heterocycles. The summed E-state index contributed by atoms with van der Waals surface area (Å²) in [5, 5.41) is 12.9. The molecule has 0 aliphatic heterocycles. The second-order valence-corrected chi connectivity index (χ2v) is 8.81. The van der Waals surface area contributed by atoms with Gasteiger partial charge in [-0.3, -0.25) is 9.36 Å². The van der Waals surface area contributed by atoms with Gasteiger partial charge in [0.1, 0.15) is 5.75 Å². The first kappa shape index (κ1) is 21.2. The summed E-state index contributed by atoms with van der Waals surface area (Å²) >= 11 is 7.37. The number of nitrogens with one attached hydrogen (secondary N) is 1. The van der Waals surface area contributed by atoms with Crippen molar-refractivity contribution in [3.8, 4) is 22.8 Å². The standard InChI is InChI=1S/C21H23ClN4O2S/c1-21(2,3)23-18(27)13-29-20-25-24-19(14-5-7-15(22)8-6-14)26(20)16-9-11-17(28-4)12-10-16/h5-12H,13H2,1-4H3,(H,23,27). The number of rotatable bonds is 6. The lowest BCUT2D eigenvalue weighted by Crippen LogP contribution is -2.41. The van der Waals surface area contributed by atoms with E-state index < -0.39 is 0 Å². The number of methoxy groups -OCH3 is 1.